The largest absolute Gasteiger partial charge is 0.382 e. The van der Waals surface area contributed by atoms with Gasteiger partial charge in [-0.1, -0.05) is 0 Å². The average molecular weight is 194 g/mol. The Morgan fingerprint density at radius 1 is 1.67 bits per heavy atom. The molecule has 4 heteroatoms. The molecule has 0 heterocycles. The van der Waals surface area contributed by atoms with Gasteiger partial charge in [0, 0.05) is 7.11 Å². The number of halogens is 1. The van der Waals surface area contributed by atoms with Crippen LogP contribution in [0.2, 0.25) is 0 Å². The van der Waals surface area contributed by atoms with Crippen molar-refractivity contribution in [1.29, 1.82) is 0 Å². The number of carbonyl (C=O) groups excluding carboxylic acids is 1. The molecule has 0 saturated heterocycles. The zero-order valence-electron chi connectivity index (χ0n) is 7.98. The van der Waals surface area contributed by atoms with E-state index in [1.165, 1.54) is 0 Å². The normalized spacial score (nSPS) is 14.1. The van der Waals surface area contributed by atoms with Gasteiger partial charge in [0.05, 0.1) is 12.1 Å². The van der Waals surface area contributed by atoms with E-state index in [2.05, 4.69) is 5.32 Å². The standard InChI is InChI=1S/C8H16ClNO2/c1-6(9)7(11)10-8(2,3)5-12-4/h6H,5H2,1-4H3,(H,10,11). The van der Waals surface area contributed by atoms with Crippen LogP contribution in [0.15, 0.2) is 0 Å². The maximum Gasteiger partial charge on any atom is 0.238 e. The third kappa shape index (κ3) is 4.57. The monoisotopic (exact) mass is 193 g/mol. The van der Waals surface area contributed by atoms with Gasteiger partial charge in [-0.2, -0.15) is 0 Å². The highest BCUT2D eigenvalue weighted by Crippen LogP contribution is 2.04. The summed E-state index contributed by atoms with van der Waals surface area (Å²) in [5.41, 5.74) is -0.352. The minimum Gasteiger partial charge on any atom is -0.382 e. The van der Waals surface area contributed by atoms with Gasteiger partial charge in [-0.25, -0.2) is 0 Å². The van der Waals surface area contributed by atoms with E-state index in [-0.39, 0.29) is 11.4 Å². The van der Waals surface area contributed by atoms with Crippen molar-refractivity contribution in [2.24, 2.45) is 0 Å². The summed E-state index contributed by atoms with van der Waals surface area (Å²) in [6.45, 7) is 5.88. The summed E-state index contributed by atoms with van der Waals surface area (Å²) in [5, 5.41) is 2.26. The molecule has 72 valence electrons. The maximum absolute atomic E-state index is 11.1. The van der Waals surface area contributed by atoms with Gasteiger partial charge >= 0.3 is 0 Å². The minimum absolute atomic E-state index is 0.168. The van der Waals surface area contributed by atoms with Gasteiger partial charge in [0.25, 0.3) is 0 Å². The summed E-state index contributed by atoms with van der Waals surface area (Å²) in [6, 6.07) is 0. The van der Waals surface area contributed by atoms with Gasteiger partial charge in [0.1, 0.15) is 5.38 Å². The maximum atomic E-state index is 11.1. The average Bonchev–Trinajstić information content (AvgIpc) is 1.85. The second kappa shape index (κ2) is 4.67. The quantitative estimate of drug-likeness (QED) is 0.681. The molecule has 0 bridgehead atoms. The van der Waals surface area contributed by atoms with Crippen molar-refractivity contribution in [3.63, 3.8) is 0 Å². The van der Waals surface area contributed by atoms with E-state index in [0.29, 0.717) is 6.61 Å². The highest BCUT2D eigenvalue weighted by molar-refractivity contribution is 6.30. The fraction of sp³-hybridized carbons (Fsp3) is 0.875. The Hall–Kier alpha value is -0.280. The van der Waals surface area contributed by atoms with Gasteiger partial charge in [-0.3, -0.25) is 4.79 Å². The first-order chi connectivity index (χ1) is 5.39. The number of carbonyl (C=O) groups is 1. The van der Waals surface area contributed by atoms with Crippen LogP contribution < -0.4 is 5.32 Å². The van der Waals surface area contributed by atoms with Crippen LogP contribution in [0.25, 0.3) is 0 Å². The van der Waals surface area contributed by atoms with E-state index >= 15 is 0 Å². The molecule has 0 rings (SSSR count). The Morgan fingerprint density at radius 2 is 2.17 bits per heavy atom. The van der Waals surface area contributed by atoms with E-state index in [1.807, 2.05) is 13.8 Å². The summed E-state index contributed by atoms with van der Waals surface area (Å²) >= 11 is 5.58. The molecule has 1 amide bonds. The van der Waals surface area contributed by atoms with Gasteiger partial charge in [0.15, 0.2) is 0 Å². The number of rotatable bonds is 4. The third-order valence-corrected chi connectivity index (χ3v) is 1.53. The van der Waals surface area contributed by atoms with Gasteiger partial charge in [-0.05, 0) is 20.8 Å². The Labute approximate surface area is 78.4 Å². The molecule has 0 aromatic rings. The molecule has 1 N–H and O–H groups in total. The first-order valence-electron chi connectivity index (χ1n) is 3.84. The summed E-state index contributed by atoms with van der Waals surface area (Å²) in [6.07, 6.45) is 0. The highest BCUT2D eigenvalue weighted by Gasteiger charge is 2.22. The van der Waals surface area contributed by atoms with E-state index in [1.54, 1.807) is 14.0 Å². The fourth-order valence-electron chi connectivity index (χ4n) is 0.830. The second-order valence-electron chi connectivity index (χ2n) is 3.42. The van der Waals surface area contributed by atoms with Crippen LogP contribution in [-0.2, 0) is 9.53 Å². The molecule has 0 aliphatic heterocycles. The molecule has 0 aliphatic rings. The molecule has 0 radical (unpaired) electrons. The summed E-state index contributed by atoms with van der Waals surface area (Å²) in [7, 11) is 1.60. The van der Waals surface area contributed by atoms with Gasteiger partial charge < -0.3 is 10.1 Å². The van der Waals surface area contributed by atoms with Crippen molar-refractivity contribution in [2.45, 2.75) is 31.7 Å². The van der Waals surface area contributed by atoms with Crippen molar-refractivity contribution in [3.8, 4) is 0 Å². The number of ether oxygens (including phenoxy) is 1. The first kappa shape index (κ1) is 11.7. The Morgan fingerprint density at radius 3 is 2.50 bits per heavy atom. The number of nitrogens with one attached hydrogen (secondary N) is 1. The van der Waals surface area contributed by atoms with E-state index < -0.39 is 5.38 Å². The van der Waals surface area contributed by atoms with E-state index in [0.717, 1.165) is 0 Å². The Kier molecular flexibility index (Phi) is 4.57. The summed E-state index contributed by atoms with van der Waals surface area (Å²) in [4.78, 5) is 11.1. The predicted molar refractivity (Wildman–Crippen MR) is 49.4 cm³/mol. The van der Waals surface area contributed by atoms with Crippen LogP contribution in [0.4, 0.5) is 0 Å². The number of amides is 1. The molecule has 1 unspecified atom stereocenters. The second-order valence-corrected chi connectivity index (χ2v) is 4.08. The number of alkyl halides is 1. The lowest BCUT2D eigenvalue weighted by Gasteiger charge is -2.25. The van der Waals surface area contributed by atoms with Crippen molar-refractivity contribution in [1.82, 2.24) is 5.32 Å². The van der Waals surface area contributed by atoms with Crippen molar-refractivity contribution >= 4 is 17.5 Å². The lowest BCUT2D eigenvalue weighted by atomic mass is 10.1. The van der Waals surface area contributed by atoms with Crippen LogP contribution in [0.3, 0.4) is 0 Å². The van der Waals surface area contributed by atoms with Crippen LogP contribution in [0.5, 0.6) is 0 Å². The lowest BCUT2D eigenvalue weighted by Crippen LogP contribution is -2.49. The predicted octanol–water partition coefficient (Wildman–Crippen LogP) is 1.15. The summed E-state index contributed by atoms with van der Waals surface area (Å²) < 4.78 is 4.93. The molecule has 1 atom stereocenters. The van der Waals surface area contributed by atoms with Crippen LogP contribution in [0, 0.1) is 0 Å². The SMILES string of the molecule is COCC(C)(C)NC(=O)C(C)Cl. The minimum atomic E-state index is -0.499. The lowest BCUT2D eigenvalue weighted by molar-refractivity contribution is -0.122. The molecular formula is C8H16ClNO2. The van der Waals surface area contributed by atoms with E-state index in [9.17, 15) is 4.79 Å². The van der Waals surface area contributed by atoms with Gasteiger partial charge in [0.2, 0.25) is 5.91 Å². The molecule has 0 saturated carbocycles. The topological polar surface area (TPSA) is 38.3 Å². The molecular weight excluding hydrogens is 178 g/mol. The smallest absolute Gasteiger partial charge is 0.238 e. The first-order valence-corrected chi connectivity index (χ1v) is 4.28. The van der Waals surface area contributed by atoms with Crippen LogP contribution in [0.1, 0.15) is 20.8 Å². The van der Waals surface area contributed by atoms with Crippen molar-refractivity contribution in [3.05, 3.63) is 0 Å². The van der Waals surface area contributed by atoms with Crippen LogP contribution >= 0.6 is 11.6 Å². The molecule has 0 aromatic carbocycles. The zero-order valence-corrected chi connectivity index (χ0v) is 8.73. The van der Waals surface area contributed by atoms with Crippen molar-refractivity contribution in [2.75, 3.05) is 13.7 Å². The highest BCUT2D eigenvalue weighted by atomic mass is 35.5. The number of hydrogen-bond acceptors (Lipinski definition) is 2. The van der Waals surface area contributed by atoms with E-state index in [4.69, 9.17) is 16.3 Å². The molecule has 3 nitrogen and oxygen atoms in total. The molecule has 0 aromatic heterocycles. The number of methoxy groups -OCH3 is 1. The fourth-order valence-corrected chi connectivity index (χ4v) is 0.884. The summed E-state index contributed by atoms with van der Waals surface area (Å²) in [5.74, 6) is -0.168. The Balaban J connectivity index is 3.96. The van der Waals surface area contributed by atoms with Crippen LogP contribution in [-0.4, -0.2) is 30.5 Å². The molecule has 12 heavy (non-hydrogen) atoms. The third-order valence-electron chi connectivity index (χ3n) is 1.33. The molecule has 0 fully saturated rings. The molecule has 0 spiro atoms. The molecule has 0 aliphatic carbocycles. The zero-order chi connectivity index (χ0) is 9.78. The van der Waals surface area contributed by atoms with Gasteiger partial charge in [-0.15, -0.1) is 11.6 Å². The Bertz CT molecular complexity index is 157. The van der Waals surface area contributed by atoms with Crippen molar-refractivity contribution < 1.29 is 9.53 Å². The number of hydrogen-bond donors (Lipinski definition) is 1.